The van der Waals surface area contributed by atoms with Gasteiger partial charge in [0.05, 0.1) is 5.56 Å². The van der Waals surface area contributed by atoms with E-state index in [9.17, 15) is 9.59 Å². The zero-order valence-corrected chi connectivity index (χ0v) is 11.7. The number of benzene rings is 1. The minimum absolute atomic E-state index is 0.123. The van der Waals surface area contributed by atoms with Gasteiger partial charge >= 0.3 is 5.97 Å². The van der Waals surface area contributed by atoms with Crippen LogP contribution in [0.3, 0.4) is 0 Å². The van der Waals surface area contributed by atoms with E-state index in [1.54, 1.807) is 32.0 Å². The van der Waals surface area contributed by atoms with Crippen molar-refractivity contribution < 1.29 is 14.7 Å². The van der Waals surface area contributed by atoms with Crippen LogP contribution in [0.1, 0.15) is 24.2 Å². The minimum atomic E-state index is -0.972. The molecule has 5 nitrogen and oxygen atoms in total. The van der Waals surface area contributed by atoms with Gasteiger partial charge in [-0.1, -0.05) is 29.8 Å². The van der Waals surface area contributed by atoms with Crippen molar-refractivity contribution in [3.05, 3.63) is 28.2 Å². The van der Waals surface area contributed by atoms with Gasteiger partial charge in [0, 0.05) is 10.2 Å². The Bertz CT molecular complexity index is 474. The smallest absolute Gasteiger partial charge is 0.326 e. The van der Waals surface area contributed by atoms with Crippen LogP contribution in [0.5, 0.6) is 0 Å². The summed E-state index contributed by atoms with van der Waals surface area (Å²) in [4.78, 5) is 22.4. The van der Waals surface area contributed by atoms with E-state index in [4.69, 9.17) is 10.8 Å². The van der Waals surface area contributed by atoms with Crippen molar-refractivity contribution in [2.75, 3.05) is 5.32 Å². The fraction of sp³-hybridized carbons (Fsp3) is 0.333. The molecule has 1 unspecified atom stereocenters. The molecule has 18 heavy (non-hydrogen) atoms. The molecular weight excluding hydrogens is 300 g/mol. The molecule has 4 N–H and O–H groups in total. The molecule has 0 aromatic heterocycles. The number of carbonyl (C=O) groups excluding carboxylic acids is 1. The van der Waals surface area contributed by atoms with Gasteiger partial charge in [0.1, 0.15) is 6.04 Å². The van der Waals surface area contributed by atoms with E-state index >= 15 is 0 Å². The first-order chi connectivity index (χ1) is 8.32. The highest BCUT2D eigenvalue weighted by molar-refractivity contribution is 9.10. The van der Waals surface area contributed by atoms with Crippen molar-refractivity contribution in [2.45, 2.75) is 19.9 Å². The molecule has 0 heterocycles. The number of halogens is 1. The fourth-order valence-electron chi connectivity index (χ4n) is 1.53. The molecule has 0 bridgehead atoms. The van der Waals surface area contributed by atoms with Crippen LogP contribution in [-0.4, -0.2) is 23.0 Å². The number of rotatable bonds is 5. The number of amides is 1. The van der Waals surface area contributed by atoms with E-state index in [2.05, 4.69) is 21.2 Å². The Kier molecular flexibility index (Phi) is 4.72. The number of aliphatic carboxylic acids is 1. The van der Waals surface area contributed by atoms with E-state index < -0.39 is 17.9 Å². The maximum Gasteiger partial charge on any atom is 0.326 e. The maximum atomic E-state index is 11.3. The second-order valence-electron chi connectivity index (χ2n) is 4.26. The van der Waals surface area contributed by atoms with Crippen molar-refractivity contribution in [3.8, 4) is 0 Å². The van der Waals surface area contributed by atoms with Crippen LogP contribution in [0.25, 0.3) is 0 Å². The predicted molar refractivity (Wildman–Crippen MR) is 72.5 cm³/mol. The number of hydrogen-bond donors (Lipinski definition) is 3. The molecule has 98 valence electrons. The number of anilines is 1. The molecule has 1 rings (SSSR count). The lowest BCUT2D eigenvalue weighted by Gasteiger charge is -2.20. The molecule has 0 aliphatic heterocycles. The molecule has 6 heteroatoms. The molecular formula is C12H15BrN2O3. The topological polar surface area (TPSA) is 92.4 Å². The van der Waals surface area contributed by atoms with Crippen LogP contribution in [0.15, 0.2) is 22.7 Å². The second kappa shape index (κ2) is 5.86. The number of nitrogens with two attached hydrogens (primary N) is 1. The van der Waals surface area contributed by atoms with Crippen molar-refractivity contribution in [3.63, 3.8) is 0 Å². The molecule has 0 aliphatic rings. The third kappa shape index (κ3) is 3.46. The van der Waals surface area contributed by atoms with E-state index in [1.165, 1.54) is 0 Å². The first kappa shape index (κ1) is 14.5. The maximum absolute atomic E-state index is 11.3. The second-order valence-corrected chi connectivity index (χ2v) is 5.17. The molecule has 0 spiro atoms. The summed E-state index contributed by atoms with van der Waals surface area (Å²) in [6, 6.07) is 4.08. The highest BCUT2D eigenvalue weighted by Crippen LogP contribution is 2.23. The molecule has 0 fully saturated rings. The van der Waals surface area contributed by atoms with Gasteiger partial charge in [-0.3, -0.25) is 4.79 Å². The average Bonchev–Trinajstić information content (AvgIpc) is 2.24. The Balaban J connectivity index is 3.12. The zero-order valence-electron chi connectivity index (χ0n) is 10.1. The van der Waals surface area contributed by atoms with Gasteiger partial charge in [-0.25, -0.2) is 4.79 Å². The Morgan fingerprint density at radius 3 is 2.44 bits per heavy atom. The number of carbonyl (C=O) groups is 2. The van der Waals surface area contributed by atoms with E-state index in [-0.39, 0.29) is 11.5 Å². The lowest BCUT2D eigenvalue weighted by Crippen LogP contribution is -2.35. The van der Waals surface area contributed by atoms with Gasteiger partial charge in [0.25, 0.3) is 5.91 Å². The van der Waals surface area contributed by atoms with Crippen molar-refractivity contribution in [1.29, 1.82) is 0 Å². The standard InChI is InChI=1S/C12H15BrN2O3/c1-6(2)10(12(17)18)15-9-5-7(13)3-4-8(9)11(14)16/h3-6,10,15H,1-2H3,(H2,14,16)(H,17,18). The van der Waals surface area contributed by atoms with Crippen molar-refractivity contribution >= 4 is 33.5 Å². The predicted octanol–water partition coefficient (Wildman–Crippen LogP) is 2.07. The largest absolute Gasteiger partial charge is 0.480 e. The Morgan fingerprint density at radius 1 is 1.39 bits per heavy atom. The SMILES string of the molecule is CC(C)C(Nc1cc(Br)ccc1C(N)=O)C(=O)O. The Labute approximate surface area is 113 Å². The molecule has 1 amide bonds. The summed E-state index contributed by atoms with van der Waals surface area (Å²) < 4.78 is 0.739. The molecule has 0 radical (unpaired) electrons. The third-order valence-corrected chi connectivity index (χ3v) is 2.98. The van der Waals surface area contributed by atoms with Crippen LogP contribution in [0.2, 0.25) is 0 Å². The molecule has 1 aromatic rings. The number of primary amides is 1. The zero-order chi connectivity index (χ0) is 13.9. The highest BCUT2D eigenvalue weighted by Gasteiger charge is 2.22. The summed E-state index contributed by atoms with van der Waals surface area (Å²) in [6.07, 6.45) is 0. The van der Waals surface area contributed by atoms with Crippen LogP contribution in [0.4, 0.5) is 5.69 Å². The van der Waals surface area contributed by atoms with Gasteiger partial charge in [0.2, 0.25) is 0 Å². The van der Waals surface area contributed by atoms with E-state index in [1.807, 2.05) is 0 Å². The van der Waals surface area contributed by atoms with E-state index in [0.29, 0.717) is 5.69 Å². The summed E-state index contributed by atoms with van der Waals surface area (Å²) in [7, 11) is 0. The molecule has 0 aliphatic carbocycles. The Morgan fingerprint density at radius 2 is 2.00 bits per heavy atom. The van der Waals surface area contributed by atoms with Crippen molar-refractivity contribution in [1.82, 2.24) is 0 Å². The van der Waals surface area contributed by atoms with Crippen LogP contribution in [0, 0.1) is 5.92 Å². The third-order valence-electron chi connectivity index (χ3n) is 2.49. The van der Waals surface area contributed by atoms with Gasteiger partial charge in [0.15, 0.2) is 0 Å². The summed E-state index contributed by atoms with van der Waals surface area (Å²) >= 11 is 3.27. The summed E-state index contributed by atoms with van der Waals surface area (Å²) in [5.41, 5.74) is 5.93. The average molecular weight is 315 g/mol. The minimum Gasteiger partial charge on any atom is -0.480 e. The number of nitrogens with one attached hydrogen (secondary N) is 1. The van der Waals surface area contributed by atoms with Gasteiger partial charge in [-0.2, -0.15) is 0 Å². The lowest BCUT2D eigenvalue weighted by molar-refractivity contribution is -0.138. The molecule has 0 saturated heterocycles. The summed E-state index contributed by atoms with van der Waals surface area (Å²) in [5.74, 6) is -1.69. The first-order valence-electron chi connectivity index (χ1n) is 5.41. The first-order valence-corrected chi connectivity index (χ1v) is 6.21. The van der Waals surface area contributed by atoms with E-state index in [0.717, 1.165) is 4.47 Å². The number of hydrogen-bond acceptors (Lipinski definition) is 3. The molecule has 1 aromatic carbocycles. The van der Waals surface area contributed by atoms with Gasteiger partial charge in [-0.05, 0) is 24.1 Å². The highest BCUT2D eigenvalue weighted by atomic mass is 79.9. The van der Waals surface area contributed by atoms with Crippen LogP contribution < -0.4 is 11.1 Å². The molecule has 0 saturated carbocycles. The lowest BCUT2D eigenvalue weighted by atomic mass is 10.0. The van der Waals surface area contributed by atoms with Crippen LogP contribution in [-0.2, 0) is 4.79 Å². The van der Waals surface area contributed by atoms with Gasteiger partial charge in [-0.15, -0.1) is 0 Å². The van der Waals surface area contributed by atoms with Crippen LogP contribution >= 0.6 is 15.9 Å². The normalized spacial score (nSPS) is 12.2. The summed E-state index contributed by atoms with van der Waals surface area (Å²) in [6.45, 7) is 3.57. The van der Waals surface area contributed by atoms with Crippen molar-refractivity contribution in [2.24, 2.45) is 11.7 Å². The summed E-state index contributed by atoms with van der Waals surface area (Å²) in [5, 5.41) is 12.0. The monoisotopic (exact) mass is 314 g/mol. The quantitative estimate of drug-likeness (QED) is 0.775. The molecule has 1 atom stereocenters. The van der Waals surface area contributed by atoms with Gasteiger partial charge < -0.3 is 16.2 Å². The Hall–Kier alpha value is -1.56. The fourth-order valence-corrected chi connectivity index (χ4v) is 1.89. The number of carboxylic acid groups (broad SMARTS) is 1. The number of carboxylic acids is 1.